The smallest absolute Gasteiger partial charge is 0.315 e. The molecular weight excluding hydrogens is 991 g/mol. The van der Waals surface area contributed by atoms with E-state index in [1.807, 2.05) is 11.8 Å². The number of hydrogen-bond donors (Lipinski definition) is 11. The number of H-pyrrole nitrogens is 2. The van der Waals surface area contributed by atoms with Gasteiger partial charge in [-0.3, -0.25) is 38.4 Å². The Morgan fingerprint density at radius 3 is 1.97 bits per heavy atom. The van der Waals surface area contributed by atoms with Crippen molar-refractivity contribution in [3.63, 3.8) is 0 Å². The minimum Gasteiger partial charge on any atom is -0.481 e. The van der Waals surface area contributed by atoms with E-state index in [0.29, 0.717) is 55.6 Å². The van der Waals surface area contributed by atoms with Crippen molar-refractivity contribution >= 4 is 65.1 Å². The van der Waals surface area contributed by atoms with E-state index < -0.39 is 66.8 Å². The fourth-order valence-electron chi connectivity index (χ4n) is 8.46. The van der Waals surface area contributed by atoms with E-state index in [1.165, 1.54) is 29.9 Å². The zero-order chi connectivity index (χ0) is 53.1. The number of carboxylic acids is 1. The second-order valence-electron chi connectivity index (χ2n) is 17.7. The molecule has 7 atom stereocenters. The average Bonchev–Trinajstić information content (AvgIpc) is 4.25. The zero-order valence-electron chi connectivity index (χ0n) is 41.6. The van der Waals surface area contributed by atoms with Gasteiger partial charge >= 0.3 is 12.0 Å². The summed E-state index contributed by atoms with van der Waals surface area (Å²) >= 11 is 1.86. The number of imidazole rings is 2. The number of ether oxygens (including phenoxy) is 4. The molecule has 410 valence electrons. The molecule has 0 unspecified atom stereocenters. The predicted molar refractivity (Wildman–Crippen MR) is 264 cm³/mol. The molecule has 2 aromatic rings. The van der Waals surface area contributed by atoms with Crippen LogP contribution < -0.4 is 42.5 Å². The molecule has 3 aliphatic rings. The molecular formula is C46H71N13O14S. The number of nitrogens with zero attached hydrogens (tertiary/aromatic N) is 3. The number of carbonyl (C=O) groups excluding carboxylic acids is 8. The average molecular weight is 1060 g/mol. The van der Waals surface area contributed by atoms with Gasteiger partial charge in [-0.2, -0.15) is 11.8 Å². The molecule has 0 saturated carbocycles. The number of fused-ring (bicyclic) bond motifs is 1. The van der Waals surface area contributed by atoms with E-state index in [2.05, 4.69) is 62.5 Å². The number of thioether (sulfide) groups is 1. The maximum absolute atomic E-state index is 14.0. The Hall–Kier alpha value is -6.36. The SMILES string of the molecule is CCNC(=O)[C@@H]1CCCN1C(=O)[C@H](CCC(=O)O)NC(=O)[C@H](Cc1cnc[nH]1)NC(=O)[C@H](Cc1cnc[nH]1)NC(=O)COCCOCCNC(=O)COCCOCCNC(=O)CCCC[C@@H]1SC[C@@H]2NC(=O)N[C@@H]21. The third-order valence-electron chi connectivity index (χ3n) is 12.1. The van der Waals surface area contributed by atoms with Gasteiger partial charge in [0.15, 0.2) is 0 Å². The Balaban J connectivity index is 0.946. The molecule has 9 amide bonds. The summed E-state index contributed by atoms with van der Waals surface area (Å²) in [6.07, 6.45) is 8.72. The molecule has 0 bridgehead atoms. The van der Waals surface area contributed by atoms with Crippen molar-refractivity contribution in [1.29, 1.82) is 0 Å². The molecule has 3 saturated heterocycles. The van der Waals surface area contributed by atoms with Gasteiger partial charge in [0.1, 0.15) is 37.4 Å². The molecule has 2 aromatic heterocycles. The first kappa shape index (κ1) is 58.5. The van der Waals surface area contributed by atoms with Gasteiger partial charge in [0.25, 0.3) is 0 Å². The number of rotatable bonds is 36. The van der Waals surface area contributed by atoms with Gasteiger partial charge in [-0.05, 0) is 39.0 Å². The lowest BCUT2D eigenvalue weighted by Gasteiger charge is -2.30. The van der Waals surface area contributed by atoms with Crippen LogP contribution in [0.25, 0.3) is 0 Å². The fraction of sp³-hybridized carbons (Fsp3) is 0.674. The van der Waals surface area contributed by atoms with E-state index in [-0.39, 0.29) is 108 Å². The van der Waals surface area contributed by atoms with E-state index in [9.17, 15) is 48.3 Å². The minimum absolute atomic E-state index is 0.00273. The van der Waals surface area contributed by atoms with Crippen molar-refractivity contribution in [3.8, 4) is 0 Å². The number of unbranched alkanes of at least 4 members (excludes halogenated alkanes) is 1. The predicted octanol–water partition coefficient (Wildman–Crippen LogP) is -2.61. The van der Waals surface area contributed by atoms with Gasteiger partial charge in [0.2, 0.25) is 41.4 Å². The van der Waals surface area contributed by atoms with Crippen molar-refractivity contribution in [3.05, 3.63) is 36.4 Å². The Morgan fingerprint density at radius 2 is 1.35 bits per heavy atom. The largest absolute Gasteiger partial charge is 0.481 e. The topological polar surface area (TPSA) is 368 Å². The summed E-state index contributed by atoms with van der Waals surface area (Å²) in [4.78, 5) is 130. The maximum Gasteiger partial charge on any atom is 0.315 e. The number of aliphatic carboxylic acids is 1. The maximum atomic E-state index is 14.0. The number of likely N-dealkylation sites (tertiary alicyclic amines) is 1. The highest BCUT2D eigenvalue weighted by Crippen LogP contribution is 2.33. The Morgan fingerprint density at radius 1 is 0.743 bits per heavy atom. The van der Waals surface area contributed by atoms with Gasteiger partial charge in [0.05, 0.1) is 64.4 Å². The highest BCUT2D eigenvalue weighted by atomic mass is 32.2. The highest BCUT2D eigenvalue weighted by molar-refractivity contribution is 8.00. The van der Waals surface area contributed by atoms with Crippen molar-refractivity contribution in [2.45, 2.75) is 113 Å². The summed E-state index contributed by atoms with van der Waals surface area (Å²) in [7, 11) is 0. The van der Waals surface area contributed by atoms with Crippen LogP contribution in [0.1, 0.15) is 69.7 Å². The van der Waals surface area contributed by atoms with Crippen molar-refractivity contribution in [2.75, 3.05) is 84.8 Å². The number of carbonyl (C=O) groups is 9. The van der Waals surface area contributed by atoms with Crippen LogP contribution in [0, 0.1) is 0 Å². The van der Waals surface area contributed by atoms with Crippen molar-refractivity contribution in [2.24, 2.45) is 0 Å². The number of urea groups is 1. The highest BCUT2D eigenvalue weighted by Gasteiger charge is 2.43. The van der Waals surface area contributed by atoms with Gasteiger partial charge in [0, 0.05) is 86.6 Å². The molecule has 5 heterocycles. The van der Waals surface area contributed by atoms with Crippen LogP contribution in [0.2, 0.25) is 0 Å². The first-order valence-corrected chi connectivity index (χ1v) is 26.0. The monoisotopic (exact) mass is 1060 g/mol. The molecule has 3 fully saturated rings. The molecule has 11 N–H and O–H groups in total. The van der Waals surface area contributed by atoms with E-state index in [1.54, 1.807) is 6.92 Å². The summed E-state index contributed by atoms with van der Waals surface area (Å²) in [6, 6.07) is -4.46. The van der Waals surface area contributed by atoms with Crippen LogP contribution in [0.15, 0.2) is 25.0 Å². The zero-order valence-corrected chi connectivity index (χ0v) is 42.4. The molecule has 74 heavy (non-hydrogen) atoms. The molecule has 3 aliphatic heterocycles. The normalized spacial score (nSPS) is 19.0. The van der Waals surface area contributed by atoms with Crippen LogP contribution in [0.5, 0.6) is 0 Å². The summed E-state index contributed by atoms with van der Waals surface area (Å²) in [5.74, 6) is -3.92. The van der Waals surface area contributed by atoms with Crippen molar-refractivity contribution < 1.29 is 67.2 Å². The number of carboxylic acid groups (broad SMARTS) is 1. The standard InChI is InChI=1S/C46H71N13O14S/c1-2-49-44(67)35-6-5-13-59(35)45(68)31(9-10-40(63)64)55-43(66)33(21-30-23-48-28-53-30)56-42(65)32(20-29-22-47-27-52-29)54-39(62)25-73-19-17-71-15-12-51-38(61)24-72-18-16-70-14-11-50-37(60)8-4-3-7-36-41-34(26-74-36)57-46(69)58-41/h22-23,27-28,31-36,41H,2-21,24-26H2,1H3,(H,47,52)(H,48,53)(H,49,67)(H,50,60)(H,51,61)(H,54,62)(H,55,66)(H,56,65)(H,63,64)(H2,57,58,69)/t31-,32-,33-,34-,35-,36-,41-/m0/s1. The lowest BCUT2D eigenvalue weighted by atomic mass is 10.0. The van der Waals surface area contributed by atoms with Crippen LogP contribution in [0.3, 0.4) is 0 Å². The number of aromatic nitrogens is 4. The third-order valence-corrected chi connectivity index (χ3v) is 13.6. The quantitative estimate of drug-likeness (QED) is 0.0246. The second kappa shape index (κ2) is 32.1. The second-order valence-corrected chi connectivity index (χ2v) is 19.0. The number of nitrogens with one attached hydrogen (secondary N) is 10. The van der Waals surface area contributed by atoms with Crippen LogP contribution in [-0.2, 0) is 70.1 Å². The van der Waals surface area contributed by atoms with E-state index >= 15 is 0 Å². The summed E-state index contributed by atoms with van der Waals surface area (Å²) in [5, 5.41) is 31.8. The molecule has 0 radical (unpaired) electrons. The number of likely N-dealkylation sites (N-methyl/N-ethyl adjacent to an activating group) is 1. The van der Waals surface area contributed by atoms with Crippen LogP contribution in [-0.4, -0.2) is 210 Å². The molecule has 27 nitrogen and oxygen atoms in total. The van der Waals surface area contributed by atoms with Gasteiger partial charge < -0.3 is 81.5 Å². The lowest BCUT2D eigenvalue weighted by Crippen LogP contribution is -2.59. The Bertz CT molecular complexity index is 2120. The molecule has 0 spiro atoms. The van der Waals surface area contributed by atoms with E-state index in [4.69, 9.17) is 18.9 Å². The Labute approximate surface area is 432 Å². The summed E-state index contributed by atoms with van der Waals surface area (Å²) < 4.78 is 21.7. The van der Waals surface area contributed by atoms with Gasteiger partial charge in [-0.1, -0.05) is 6.42 Å². The van der Waals surface area contributed by atoms with Gasteiger partial charge in [-0.15, -0.1) is 0 Å². The van der Waals surface area contributed by atoms with E-state index in [0.717, 1.165) is 25.0 Å². The van der Waals surface area contributed by atoms with Gasteiger partial charge in [-0.25, -0.2) is 14.8 Å². The van der Waals surface area contributed by atoms with Crippen LogP contribution in [0.4, 0.5) is 4.79 Å². The fourth-order valence-corrected chi connectivity index (χ4v) is 10.0. The molecule has 0 aromatic carbocycles. The number of aromatic amines is 2. The molecule has 28 heteroatoms. The third kappa shape index (κ3) is 20.5. The first-order chi connectivity index (χ1) is 35.8. The molecule has 5 rings (SSSR count). The van der Waals surface area contributed by atoms with Crippen LogP contribution >= 0.6 is 11.8 Å². The van der Waals surface area contributed by atoms with Crippen molar-refractivity contribution in [1.82, 2.24) is 67.4 Å². The number of amides is 9. The Kier molecular flexibility index (Phi) is 25.4. The lowest BCUT2D eigenvalue weighted by molar-refractivity contribution is -0.143. The molecule has 0 aliphatic carbocycles. The minimum atomic E-state index is -1.34. The summed E-state index contributed by atoms with van der Waals surface area (Å²) in [6.45, 7) is 3.20. The summed E-state index contributed by atoms with van der Waals surface area (Å²) in [5.41, 5.74) is 0.931. The first-order valence-electron chi connectivity index (χ1n) is 25.0. The number of hydrogen-bond acceptors (Lipinski definition) is 16.